The summed E-state index contributed by atoms with van der Waals surface area (Å²) < 4.78 is 0. The number of hydrogen-bond acceptors (Lipinski definition) is 4. The van der Waals surface area contributed by atoms with Gasteiger partial charge in [0, 0.05) is 39.3 Å². The second kappa shape index (κ2) is 10.6. The first-order valence-corrected chi connectivity index (χ1v) is 8.32. The van der Waals surface area contributed by atoms with Crippen LogP contribution in [0.25, 0.3) is 0 Å². The molecule has 20 heavy (non-hydrogen) atoms. The number of nitrogens with zero attached hydrogens (tertiary/aromatic N) is 4. The Hall–Kier alpha value is -0.160. The lowest BCUT2D eigenvalue weighted by atomic mass is 10.2. The minimum atomic E-state index is 1.20. The molecule has 0 bridgehead atoms. The Balaban J connectivity index is 2.13. The summed E-state index contributed by atoms with van der Waals surface area (Å²) in [6.45, 7) is 9.83. The van der Waals surface area contributed by atoms with Gasteiger partial charge in [0.05, 0.1) is 0 Å². The van der Waals surface area contributed by atoms with Crippen LogP contribution in [0.3, 0.4) is 0 Å². The van der Waals surface area contributed by atoms with Crippen LogP contribution in [0, 0.1) is 0 Å². The highest BCUT2D eigenvalue weighted by atomic mass is 15.2. The van der Waals surface area contributed by atoms with Gasteiger partial charge in [-0.3, -0.25) is 0 Å². The zero-order valence-corrected chi connectivity index (χ0v) is 14.3. The molecule has 0 unspecified atom stereocenters. The van der Waals surface area contributed by atoms with Crippen LogP contribution in [0.15, 0.2) is 0 Å². The zero-order chi connectivity index (χ0) is 14.8. The van der Waals surface area contributed by atoms with Crippen LogP contribution in [0.4, 0.5) is 0 Å². The van der Waals surface area contributed by atoms with Crippen molar-refractivity contribution in [3.63, 3.8) is 0 Å². The molecule has 0 amide bonds. The van der Waals surface area contributed by atoms with Gasteiger partial charge in [-0.1, -0.05) is 12.8 Å². The molecule has 0 spiro atoms. The van der Waals surface area contributed by atoms with Crippen molar-refractivity contribution in [3.8, 4) is 0 Å². The van der Waals surface area contributed by atoms with Crippen LogP contribution in [0.2, 0.25) is 0 Å². The summed E-state index contributed by atoms with van der Waals surface area (Å²) in [7, 11) is 8.82. The van der Waals surface area contributed by atoms with Gasteiger partial charge >= 0.3 is 0 Å². The first-order valence-electron chi connectivity index (χ1n) is 8.32. The first kappa shape index (κ1) is 17.9. The molecule has 1 rings (SSSR count). The smallest absolute Gasteiger partial charge is 0.0110 e. The molecule has 1 fully saturated rings. The van der Waals surface area contributed by atoms with Crippen LogP contribution in [-0.2, 0) is 0 Å². The predicted octanol–water partition coefficient (Wildman–Crippen LogP) is 1.29. The SMILES string of the molecule is CN(C)CCCCCCN1CCN(C)CCN(C)CC1. The van der Waals surface area contributed by atoms with E-state index in [0.29, 0.717) is 0 Å². The maximum Gasteiger partial charge on any atom is 0.0110 e. The fourth-order valence-electron chi connectivity index (χ4n) is 2.64. The molecule has 0 aromatic heterocycles. The quantitative estimate of drug-likeness (QED) is 0.653. The van der Waals surface area contributed by atoms with Crippen LogP contribution >= 0.6 is 0 Å². The van der Waals surface area contributed by atoms with E-state index in [9.17, 15) is 0 Å². The fraction of sp³-hybridized carbons (Fsp3) is 1.00. The van der Waals surface area contributed by atoms with Crippen molar-refractivity contribution in [3.05, 3.63) is 0 Å². The maximum absolute atomic E-state index is 2.66. The summed E-state index contributed by atoms with van der Waals surface area (Å²) >= 11 is 0. The zero-order valence-electron chi connectivity index (χ0n) is 14.3. The number of unbranched alkanes of at least 4 members (excludes halogenated alkanes) is 3. The van der Waals surface area contributed by atoms with Gasteiger partial charge in [0.15, 0.2) is 0 Å². The van der Waals surface area contributed by atoms with Crippen molar-refractivity contribution in [1.82, 2.24) is 19.6 Å². The molecular formula is C16H36N4. The third-order valence-corrected chi connectivity index (χ3v) is 4.29. The van der Waals surface area contributed by atoms with E-state index in [1.54, 1.807) is 0 Å². The Morgan fingerprint density at radius 3 is 1.75 bits per heavy atom. The average molecular weight is 284 g/mol. The lowest BCUT2D eigenvalue weighted by molar-refractivity contribution is 0.230. The summed E-state index contributed by atoms with van der Waals surface area (Å²) in [5.41, 5.74) is 0. The van der Waals surface area contributed by atoms with Crippen molar-refractivity contribution in [2.45, 2.75) is 25.7 Å². The van der Waals surface area contributed by atoms with E-state index < -0.39 is 0 Å². The molecule has 0 atom stereocenters. The van der Waals surface area contributed by atoms with Crippen molar-refractivity contribution in [1.29, 1.82) is 0 Å². The van der Waals surface area contributed by atoms with Gasteiger partial charge in [-0.25, -0.2) is 0 Å². The summed E-state index contributed by atoms with van der Waals surface area (Å²) in [6.07, 6.45) is 5.47. The molecule has 1 saturated heterocycles. The van der Waals surface area contributed by atoms with E-state index in [4.69, 9.17) is 0 Å². The average Bonchev–Trinajstić information content (AvgIpc) is 2.48. The van der Waals surface area contributed by atoms with Crippen molar-refractivity contribution >= 4 is 0 Å². The summed E-state index contributed by atoms with van der Waals surface area (Å²) in [6, 6.07) is 0. The molecule has 0 aromatic rings. The van der Waals surface area contributed by atoms with Crippen LogP contribution < -0.4 is 0 Å². The van der Waals surface area contributed by atoms with Gasteiger partial charge in [-0.2, -0.15) is 0 Å². The highest BCUT2D eigenvalue weighted by Gasteiger charge is 2.11. The second-order valence-electron chi connectivity index (χ2n) is 6.67. The third-order valence-electron chi connectivity index (χ3n) is 4.29. The Labute approximate surface area is 126 Å². The molecule has 1 aliphatic heterocycles. The molecule has 4 nitrogen and oxygen atoms in total. The molecule has 0 aromatic carbocycles. The highest BCUT2D eigenvalue weighted by Crippen LogP contribution is 2.04. The van der Waals surface area contributed by atoms with E-state index in [1.165, 1.54) is 78.0 Å². The first-order chi connectivity index (χ1) is 9.58. The molecule has 120 valence electrons. The highest BCUT2D eigenvalue weighted by molar-refractivity contribution is 4.68. The lowest BCUT2D eigenvalue weighted by Gasteiger charge is -2.24. The Morgan fingerprint density at radius 1 is 0.700 bits per heavy atom. The fourth-order valence-corrected chi connectivity index (χ4v) is 2.64. The van der Waals surface area contributed by atoms with Crippen molar-refractivity contribution < 1.29 is 0 Å². The van der Waals surface area contributed by atoms with E-state index in [0.717, 1.165) is 0 Å². The molecule has 1 aliphatic rings. The van der Waals surface area contributed by atoms with Gasteiger partial charge in [-0.15, -0.1) is 0 Å². The topological polar surface area (TPSA) is 13.0 Å². The second-order valence-corrected chi connectivity index (χ2v) is 6.67. The van der Waals surface area contributed by atoms with Crippen LogP contribution in [0.5, 0.6) is 0 Å². The van der Waals surface area contributed by atoms with Gasteiger partial charge in [0.25, 0.3) is 0 Å². The summed E-state index contributed by atoms with van der Waals surface area (Å²) in [5.74, 6) is 0. The van der Waals surface area contributed by atoms with Gasteiger partial charge in [0.2, 0.25) is 0 Å². The van der Waals surface area contributed by atoms with Crippen LogP contribution in [0.1, 0.15) is 25.7 Å². The third kappa shape index (κ3) is 8.90. The van der Waals surface area contributed by atoms with Gasteiger partial charge in [-0.05, 0) is 54.1 Å². The van der Waals surface area contributed by atoms with Crippen LogP contribution in [-0.4, -0.2) is 100 Å². The van der Waals surface area contributed by atoms with E-state index in [2.05, 4.69) is 47.8 Å². The molecule has 1 heterocycles. The minimum absolute atomic E-state index is 1.20. The number of rotatable bonds is 7. The molecule has 0 aliphatic carbocycles. The van der Waals surface area contributed by atoms with E-state index in [-0.39, 0.29) is 0 Å². The minimum Gasteiger partial charge on any atom is -0.309 e. The normalized spacial score (nSPS) is 20.9. The van der Waals surface area contributed by atoms with Crippen molar-refractivity contribution in [2.75, 3.05) is 80.5 Å². The van der Waals surface area contributed by atoms with E-state index >= 15 is 0 Å². The number of likely N-dealkylation sites (N-methyl/N-ethyl adjacent to an activating group) is 2. The Morgan fingerprint density at radius 2 is 1.20 bits per heavy atom. The van der Waals surface area contributed by atoms with E-state index in [1.807, 2.05) is 0 Å². The standard InChI is InChI=1S/C16H36N4/c1-17(2)9-7-5-6-8-10-20-15-13-18(3)11-12-19(4)14-16-20/h5-16H2,1-4H3. The van der Waals surface area contributed by atoms with Gasteiger partial charge < -0.3 is 19.6 Å². The Kier molecular flexibility index (Phi) is 9.44. The predicted molar refractivity (Wildman–Crippen MR) is 88.5 cm³/mol. The van der Waals surface area contributed by atoms with Gasteiger partial charge in [0.1, 0.15) is 0 Å². The largest absolute Gasteiger partial charge is 0.309 e. The lowest BCUT2D eigenvalue weighted by Crippen LogP contribution is -2.35. The summed E-state index contributed by atoms with van der Waals surface area (Å²) in [5, 5.41) is 0. The number of hydrogen-bond donors (Lipinski definition) is 0. The molecule has 0 saturated carbocycles. The summed E-state index contributed by atoms with van der Waals surface area (Å²) in [4.78, 5) is 9.87. The molecular weight excluding hydrogens is 248 g/mol. The monoisotopic (exact) mass is 284 g/mol. The Bertz CT molecular complexity index is 219. The molecule has 4 heteroatoms. The maximum atomic E-state index is 2.66. The molecule has 0 radical (unpaired) electrons. The van der Waals surface area contributed by atoms with Crippen molar-refractivity contribution in [2.24, 2.45) is 0 Å². The molecule has 0 N–H and O–H groups in total.